The lowest BCUT2D eigenvalue weighted by molar-refractivity contribution is 0.209. The van der Waals surface area contributed by atoms with Crippen molar-refractivity contribution < 1.29 is 9.47 Å². The average molecular weight is 367 g/mol. The first-order valence-electron chi connectivity index (χ1n) is 10.8. The van der Waals surface area contributed by atoms with Gasteiger partial charge in [0.2, 0.25) is 0 Å². The highest BCUT2D eigenvalue weighted by atomic mass is 16.5. The van der Waals surface area contributed by atoms with E-state index in [1.165, 1.54) is 62.5 Å². The van der Waals surface area contributed by atoms with Crippen molar-refractivity contribution in [3.05, 3.63) is 48.5 Å². The minimum atomic E-state index is 0.743. The Balaban J connectivity index is 1.46. The molecule has 1 saturated carbocycles. The van der Waals surface area contributed by atoms with Gasteiger partial charge in [-0.3, -0.25) is 0 Å². The van der Waals surface area contributed by atoms with Crippen molar-refractivity contribution in [3.63, 3.8) is 0 Å². The molecule has 1 fully saturated rings. The molecule has 0 aliphatic heterocycles. The lowest BCUT2D eigenvalue weighted by Gasteiger charge is -2.21. The van der Waals surface area contributed by atoms with Gasteiger partial charge in [-0.1, -0.05) is 69.7 Å². The molecule has 0 heterocycles. The van der Waals surface area contributed by atoms with Crippen molar-refractivity contribution in [2.75, 3.05) is 13.2 Å². The van der Waals surface area contributed by atoms with Crippen LogP contribution in [0.25, 0.3) is 11.1 Å². The number of benzene rings is 2. The summed E-state index contributed by atoms with van der Waals surface area (Å²) in [6.45, 7) is 3.91. The van der Waals surface area contributed by atoms with Crippen LogP contribution in [0.4, 0.5) is 0 Å². The maximum absolute atomic E-state index is 6.01. The van der Waals surface area contributed by atoms with Crippen molar-refractivity contribution >= 4 is 0 Å². The highest BCUT2D eigenvalue weighted by molar-refractivity contribution is 5.64. The van der Waals surface area contributed by atoms with Crippen LogP contribution in [0.2, 0.25) is 0 Å². The quantitative estimate of drug-likeness (QED) is 0.412. The molecule has 0 unspecified atom stereocenters. The lowest BCUT2D eigenvalue weighted by atomic mass is 9.90. The maximum Gasteiger partial charge on any atom is 0.119 e. The Labute approximate surface area is 164 Å². The molecule has 0 saturated heterocycles. The first-order valence-corrected chi connectivity index (χ1v) is 10.8. The van der Waals surface area contributed by atoms with Gasteiger partial charge < -0.3 is 9.47 Å². The Kier molecular flexibility index (Phi) is 8.07. The van der Waals surface area contributed by atoms with Crippen LogP contribution in [0.1, 0.15) is 64.7 Å². The fourth-order valence-corrected chi connectivity index (χ4v) is 3.77. The van der Waals surface area contributed by atoms with Crippen molar-refractivity contribution in [2.24, 2.45) is 5.92 Å². The molecule has 2 heteroatoms. The lowest BCUT2D eigenvalue weighted by Crippen LogP contribution is -2.15. The molecule has 0 spiro atoms. The van der Waals surface area contributed by atoms with Gasteiger partial charge in [0.1, 0.15) is 11.5 Å². The predicted octanol–water partition coefficient (Wildman–Crippen LogP) is 7.27. The monoisotopic (exact) mass is 366 g/mol. The van der Waals surface area contributed by atoms with E-state index in [0.29, 0.717) is 0 Å². The molecular weight excluding hydrogens is 332 g/mol. The zero-order valence-electron chi connectivity index (χ0n) is 16.8. The molecule has 2 aromatic rings. The zero-order valence-corrected chi connectivity index (χ0v) is 16.8. The first-order chi connectivity index (χ1) is 13.3. The maximum atomic E-state index is 6.01. The minimum absolute atomic E-state index is 0.743. The number of rotatable bonds is 10. The number of unbranched alkanes of at least 4 members (excludes halogenated alkanes) is 3. The van der Waals surface area contributed by atoms with Gasteiger partial charge in [0.05, 0.1) is 13.2 Å². The molecule has 1 aliphatic rings. The summed E-state index contributed by atoms with van der Waals surface area (Å²) in [5.74, 6) is 2.69. The summed E-state index contributed by atoms with van der Waals surface area (Å²) in [5.41, 5.74) is 2.43. The van der Waals surface area contributed by atoms with Gasteiger partial charge in [-0.2, -0.15) is 0 Å². The third-order valence-electron chi connectivity index (χ3n) is 5.52. The Bertz CT molecular complexity index is 639. The van der Waals surface area contributed by atoms with Crippen molar-refractivity contribution in [1.29, 1.82) is 0 Å². The van der Waals surface area contributed by atoms with E-state index in [0.717, 1.165) is 37.1 Å². The van der Waals surface area contributed by atoms with Crippen molar-refractivity contribution in [3.8, 4) is 22.6 Å². The van der Waals surface area contributed by atoms with E-state index >= 15 is 0 Å². The molecule has 146 valence electrons. The van der Waals surface area contributed by atoms with Gasteiger partial charge >= 0.3 is 0 Å². The van der Waals surface area contributed by atoms with E-state index < -0.39 is 0 Å². The van der Waals surface area contributed by atoms with Crippen molar-refractivity contribution in [2.45, 2.75) is 64.7 Å². The van der Waals surface area contributed by atoms with E-state index in [9.17, 15) is 0 Å². The molecule has 0 amide bonds. The highest BCUT2D eigenvalue weighted by Gasteiger charge is 2.13. The zero-order chi connectivity index (χ0) is 18.7. The second-order valence-electron chi connectivity index (χ2n) is 7.77. The smallest absolute Gasteiger partial charge is 0.119 e. The normalized spacial score (nSPS) is 14.9. The van der Waals surface area contributed by atoms with Gasteiger partial charge in [0.15, 0.2) is 0 Å². The average Bonchev–Trinajstić information content (AvgIpc) is 2.74. The molecule has 1 aliphatic carbocycles. The van der Waals surface area contributed by atoms with Crippen LogP contribution in [0, 0.1) is 5.92 Å². The largest absolute Gasteiger partial charge is 0.494 e. The summed E-state index contributed by atoms with van der Waals surface area (Å²) in [7, 11) is 0. The van der Waals surface area contributed by atoms with E-state index in [1.807, 2.05) is 0 Å². The third kappa shape index (κ3) is 6.61. The number of ether oxygens (including phenoxy) is 2. The summed E-state index contributed by atoms with van der Waals surface area (Å²) >= 11 is 0. The second kappa shape index (κ2) is 11.0. The topological polar surface area (TPSA) is 18.5 Å². The molecular formula is C25H34O2. The molecule has 0 N–H and O–H groups in total. The second-order valence-corrected chi connectivity index (χ2v) is 7.77. The Morgan fingerprint density at radius 3 is 1.89 bits per heavy atom. The molecule has 3 rings (SSSR count). The molecule has 0 atom stereocenters. The van der Waals surface area contributed by atoms with Crippen LogP contribution in [0.5, 0.6) is 11.5 Å². The standard InChI is InChI=1S/C25H34O2/c1-2-3-4-8-19-26-24-15-11-22(12-16-24)23-13-17-25(18-14-23)27-20-21-9-6-5-7-10-21/h11-18,21H,2-10,19-20H2,1H3. The van der Waals surface area contributed by atoms with E-state index in [2.05, 4.69) is 55.5 Å². The summed E-state index contributed by atoms with van der Waals surface area (Å²) in [4.78, 5) is 0. The fraction of sp³-hybridized carbons (Fsp3) is 0.520. The van der Waals surface area contributed by atoms with Gasteiger partial charge in [-0.25, -0.2) is 0 Å². The number of hydrogen-bond donors (Lipinski definition) is 0. The summed E-state index contributed by atoms with van der Waals surface area (Å²) in [6.07, 6.45) is 11.7. The van der Waals surface area contributed by atoms with Gasteiger partial charge in [0.25, 0.3) is 0 Å². The van der Waals surface area contributed by atoms with Gasteiger partial charge in [-0.05, 0) is 60.6 Å². The van der Waals surface area contributed by atoms with Crippen LogP contribution in [0.3, 0.4) is 0 Å². The van der Waals surface area contributed by atoms with Crippen LogP contribution >= 0.6 is 0 Å². The van der Waals surface area contributed by atoms with E-state index in [1.54, 1.807) is 0 Å². The molecule has 0 aromatic heterocycles. The molecule has 2 nitrogen and oxygen atoms in total. The Morgan fingerprint density at radius 1 is 0.704 bits per heavy atom. The Hall–Kier alpha value is -1.96. The third-order valence-corrected chi connectivity index (χ3v) is 5.52. The van der Waals surface area contributed by atoms with Crippen molar-refractivity contribution in [1.82, 2.24) is 0 Å². The van der Waals surface area contributed by atoms with E-state index in [4.69, 9.17) is 9.47 Å². The minimum Gasteiger partial charge on any atom is -0.494 e. The number of hydrogen-bond acceptors (Lipinski definition) is 2. The van der Waals surface area contributed by atoms with Gasteiger partial charge in [-0.15, -0.1) is 0 Å². The Morgan fingerprint density at radius 2 is 1.30 bits per heavy atom. The van der Waals surface area contributed by atoms with E-state index in [-0.39, 0.29) is 0 Å². The summed E-state index contributed by atoms with van der Waals surface area (Å²) in [6, 6.07) is 16.9. The highest BCUT2D eigenvalue weighted by Crippen LogP contribution is 2.27. The first kappa shape index (κ1) is 19.8. The molecule has 2 aromatic carbocycles. The van der Waals surface area contributed by atoms with Gasteiger partial charge in [0, 0.05) is 0 Å². The fourth-order valence-electron chi connectivity index (χ4n) is 3.77. The molecule has 27 heavy (non-hydrogen) atoms. The van der Waals surface area contributed by atoms with Crippen LogP contribution in [-0.2, 0) is 0 Å². The SMILES string of the molecule is CCCCCCOc1ccc(-c2ccc(OCC3CCCCC3)cc2)cc1. The van der Waals surface area contributed by atoms with Crippen LogP contribution in [-0.4, -0.2) is 13.2 Å². The molecule has 0 radical (unpaired) electrons. The molecule has 0 bridgehead atoms. The van der Waals surface area contributed by atoms with Crippen LogP contribution in [0.15, 0.2) is 48.5 Å². The van der Waals surface area contributed by atoms with Crippen LogP contribution < -0.4 is 9.47 Å². The summed E-state index contributed by atoms with van der Waals surface area (Å²) in [5, 5.41) is 0. The summed E-state index contributed by atoms with van der Waals surface area (Å²) < 4.78 is 11.8. The predicted molar refractivity (Wildman–Crippen MR) is 114 cm³/mol.